The van der Waals surface area contributed by atoms with Gasteiger partial charge in [0.05, 0.1) is 27.2 Å². The van der Waals surface area contributed by atoms with Crippen molar-refractivity contribution in [1.29, 1.82) is 0 Å². The Labute approximate surface area is 166 Å². The number of hydrogen-bond donors (Lipinski definition) is 1. The summed E-state index contributed by atoms with van der Waals surface area (Å²) in [6.07, 6.45) is 0.216. The lowest BCUT2D eigenvalue weighted by Gasteiger charge is -2.10. The lowest BCUT2D eigenvalue weighted by Crippen LogP contribution is -2.24. The third kappa shape index (κ3) is 4.92. The Balaban J connectivity index is 1.59. The van der Waals surface area contributed by atoms with Crippen molar-refractivity contribution in [2.75, 3.05) is 14.2 Å². The summed E-state index contributed by atoms with van der Waals surface area (Å²) < 4.78 is 17.3. The van der Waals surface area contributed by atoms with E-state index in [1.165, 1.54) is 0 Å². The summed E-state index contributed by atoms with van der Waals surface area (Å²) in [6, 6.07) is 17.0. The standard InChI is InChI=1S/C21H20BrNO4/c1-25-17-8-5-15(20(12-17)26-2)11-21(24)23-13-18-9-10-19(27-18)14-3-6-16(22)7-4-14/h3-10,12H,11,13H2,1-2H3,(H,23,24). The molecule has 0 saturated heterocycles. The van der Waals surface area contributed by atoms with E-state index < -0.39 is 0 Å². The molecule has 1 N–H and O–H groups in total. The Morgan fingerprint density at radius 1 is 1.04 bits per heavy atom. The number of halogens is 1. The Hall–Kier alpha value is -2.73. The van der Waals surface area contributed by atoms with Crippen LogP contribution in [0, 0.1) is 0 Å². The zero-order chi connectivity index (χ0) is 19.2. The second-order valence-corrected chi connectivity index (χ2v) is 6.82. The molecule has 0 aliphatic rings. The summed E-state index contributed by atoms with van der Waals surface area (Å²) in [5.74, 6) is 2.67. The minimum Gasteiger partial charge on any atom is -0.497 e. The molecule has 0 aliphatic carbocycles. The van der Waals surface area contributed by atoms with Gasteiger partial charge in [0.25, 0.3) is 0 Å². The highest BCUT2D eigenvalue weighted by Crippen LogP contribution is 2.25. The quantitative estimate of drug-likeness (QED) is 0.596. The van der Waals surface area contributed by atoms with E-state index in [1.54, 1.807) is 20.3 Å². The van der Waals surface area contributed by atoms with Gasteiger partial charge in [-0.25, -0.2) is 0 Å². The van der Waals surface area contributed by atoms with Crippen molar-refractivity contribution in [3.05, 3.63) is 70.4 Å². The molecule has 0 bridgehead atoms. The van der Waals surface area contributed by atoms with Crippen molar-refractivity contribution in [1.82, 2.24) is 5.32 Å². The minimum absolute atomic E-state index is 0.111. The van der Waals surface area contributed by atoms with Crippen LogP contribution in [0.3, 0.4) is 0 Å². The molecule has 2 aromatic carbocycles. The topological polar surface area (TPSA) is 60.7 Å². The molecule has 140 valence electrons. The highest BCUT2D eigenvalue weighted by Gasteiger charge is 2.11. The second kappa shape index (κ2) is 8.77. The van der Waals surface area contributed by atoms with Gasteiger partial charge >= 0.3 is 0 Å². The van der Waals surface area contributed by atoms with Gasteiger partial charge < -0.3 is 19.2 Å². The van der Waals surface area contributed by atoms with Crippen LogP contribution in [0.2, 0.25) is 0 Å². The van der Waals surface area contributed by atoms with Gasteiger partial charge in [-0.2, -0.15) is 0 Å². The van der Waals surface area contributed by atoms with Crippen molar-refractivity contribution >= 4 is 21.8 Å². The second-order valence-electron chi connectivity index (χ2n) is 5.90. The number of rotatable bonds is 7. The molecule has 6 heteroatoms. The molecule has 0 aliphatic heterocycles. The van der Waals surface area contributed by atoms with Crippen molar-refractivity contribution in [3.8, 4) is 22.8 Å². The van der Waals surface area contributed by atoms with Gasteiger partial charge in [-0.15, -0.1) is 0 Å². The summed E-state index contributed by atoms with van der Waals surface area (Å²) in [6.45, 7) is 0.327. The summed E-state index contributed by atoms with van der Waals surface area (Å²) in [4.78, 5) is 12.3. The maximum Gasteiger partial charge on any atom is 0.224 e. The van der Waals surface area contributed by atoms with Gasteiger partial charge in [-0.05, 0) is 30.3 Å². The van der Waals surface area contributed by atoms with Crippen molar-refractivity contribution in [2.24, 2.45) is 0 Å². The molecule has 1 heterocycles. The van der Waals surface area contributed by atoms with Crippen LogP contribution in [0.1, 0.15) is 11.3 Å². The molecule has 0 unspecified atom stereocenters. The number of ether oxygens (including phenoxy) is 2. The number of nitrogens with one attached hydrogen (secondary N) is 1. The van der Waals surface area contributed by atoms with Crippen LogP contribution in [0.4, 0.5) is 0 Å². The number of methoxy groups -OCH3 is 2. The minimum atomic E-state index is -0.111. The first-order chi connectivity index (χ1) is 13.1. The fourth-order valence-corrected chi connectivity index (χ4v) is 2.93. The van der Waals surface area contributed by atoms with Crippen LogP contribution < -0.4 is 14.8 Å². The van der Waals surface area contributed by atoms with E-state index >= 15 is 0 Å². The first kappa shape index (κ1) is 19.0. The van der Waals surface area contributed by atoms with E-state index in [2.05, 4.69) is 21.2 Å². The third-order valence-corrected chi connectivity index (χ3v) is 4.62. The molecule has 0 fully saturated rings. The average Bonchev–Trinajstić information content (AvgIpc) is 3.16. The number of amides is 1. The third-order valence-electron chi connectivity index (χ3n) is 4.10. The zero-order valence-electron chi connectivity index (χ0n) is 15.1. The monoisotopic (exact) mass is 429 g/mol. The Morgan fingerprint density at radius 3 is 2.52 bits per heavy atom. The molecule has 3 aromatic rings. The van der Waals surface area contributed by atoms with Gasteiger partial charge in [0.1, 0.15) is 23.0 Å². The van der Waals surface area contributed by atoms with Crippen molar-refractivity contribution < 1.29 is 18.7 Å². The number of hydrogen-bond acceptors (Lipinski definition) is 4. The van der Waals surface area contributed by atoms with Crippen LogP contribution in [-0.2, 0) is 17.8 Å². The largest absolute Gasteiger partial charge is 0.497 e. The highest BCUT2D eigenvalue weighted by atomic mass is 79.9. The van der Waals surface area contributed by atoms with Gasteiger partial charge in [-0.3, -0.25) is 4.79 Å². The summed E-state index contributed by atoms with van der Waals surface area (Å²) >= 11 is 3.42. The van der Waals surface area contributed by atoms with Gasteiger partial charge in [0.2, 0.25) is 5.91 Å². The smallest absolute Gasteiger partial charge is 0.224 e. The Kier molecular flexibility index (Phi) is 6.19. The molecule has 0 atom stereocenters. The fourth-order valence-electron chi connectivity index (χ4n) is 2.66. The molecule has 3 rings (SSSR count). The van der Waals surface area contributed by atoms with E-state index in [0.717, 1.165) is 21.4 Å². The molecule has 0 radical (unpaired) electrons. The highest BCUT2D eigenvalue weighted by molar-refractivity contribution is 9.10. The van der Waals surface area contributed by atoms with E-state index in [9.17, 15) is 4.79 Å². The molecule has 0 saturated carbocycles. The lowest BCUT2D eigenvalue weighted by atomic mass is 10.1. The van der Waals surface area contributed by atoms with E-state index in [0.29, 0.717) is 23.8 Å². The first-order valence-corrected chi connectivity index (χ1v) is 9.20. The molecule has 5 nitrogen and oxygen atoms in total. The molecule has 0 spiro atoms. The van der Waals surface area contributed by atoms with E-state index in [4.69, 9.17) is 13.9 Å². The van der Waals surface area contributed by atoms with Crippen LogP contribution >= 0.6 is 15.9 Å². The summed E-state index contributed by atoms with van der Waals surface area (Å²) in [7, 11) is 3.16. The molecular weight excluding hydrogens is 410 g/mol. The van der Waals surface area contributed by atoms with Crippen LogP contribution in [0.15, 0.2) is 63.5 Å². The lowest BCUT2D eigenvalue weighted by molar-refractivity contribution is -0.120. The van der Waals surface area contributed by atoms with Gasteiger partial charge in [0, 0.05) is 21.7 Å². The molecule has 27 heavy (non-hydrogen) atoms. The number of furan rings is 1. The van der Waals surface area contributed by atoms with Gasteiger partial charge in [-0.1, -0.05) is 34.1 Å². The first-order valence-electron chi connectivity index (χ1n) is 8.41. The molecular formula is C21H20BrNO4. The van der Waals surface area contributed by atoms with Crippen molar-refractivity contribution in [3.63, 3.8) is 0 Å². The Morgan fingerprint density at radius 2 is 1.81 bits per heavy atom. The Bertz CT molecular complexity index is 918. The number of carbonyl (C=O) groups excluding carboxylic acids is 1. The number of carbonyl (C=O) groups is 1. The SMILES string of the molecule is COc1ccc(CC(=O)NCc2ccc(-c3ccc(Br)cc3)o2)c(OC)c1. The predicted octanol–water partition coefficient (Wildman–Crippen LogP) is 4.59. The van der Waals surface area contributed by atoms with Crippen LogP contribution in [0.25, 0.3) is 11.3 Å². The summed E-state index contributed by atoms with van der Waals surface area (Å²) in [5, 5.41) is 2.87. The molecule has 1 amide bonds. The summed E-state index contributed by atoms with van der Waals surface area (Å²) in [5.41, 5.74) is 1.78. The van der Waals surface area contributed by atoms with Crippen LogP contribution in [0.5, 0.6) is 11.5 Å². The predicted molar refractivity (Wildman–Crippen MR) is 107 cm³/mol. The van der Waals surface area contributed by atoms with Gasteiger partial charge in [0.15, 0.2) is 0 Å². The maximum atomic E-state index is 12.3. The maximum absolute atomic E-state index is 12.3. The van der Waals surface area contributed by atoms with E-state index in [1.807, 2.05) is 48.5 Å². The normalized spacial score (nSPS) is 10.5. The van der Waals surface area contributed by atoms with Crippen molar-refractivity contribution in [2.45, 2.75) is 13.0 Å². The zero-order valence-corrected chi connectivity index (χ0v) is 16.7. The van der Waals surface area contributed by atoms with E-state index in [-0.39, 0.29) is 12.3 Å². The average molecular weight is 430 g/mol. The van der Waals surface area contributed by atoms with Crippen LogP contribution in [-0.4, -0.2) is 20.1 Å². The fraction of sp³-hybridized carbons (Fsp3) is 0.190. The molecule has 1 aromatic heterocycles. The number of benzene rings is 2.